The Morgan fingerprint density at radius 1 is 1.44 bits per heavy atom. The maximum Gasteiger partial charge on any atom is 0.0406 e. The Balaban J connectivity index is 1.91. The van der Waals surface area contributed by atoms with Gasteiger partial charge in [0.25, 0.3) is 0 Å². The maximum absolute atomic E-state index is 5.92. The van der Waals surface area contributed by atoms with Crippen LogP contribution in [0.4, 0.5) is 0 Å². The van der Waals surface area contributed by atoms with Gasteiger partial charge in [0.2, 0.25) is 0 Å². The van der Waals surface area contributed by atoms with Crippen molar-refractivity contribution < 1.29 is 0 Å². The minimum Gasteiger partial charge on any atom is -0.326 e. The molecule has 0 aromatic heterocycles. The normalized spacial score (nSPS) is 23.6. The smallest absolute Gasteiger partial charge is 0.0406 e. The number of benzene rings is 1. The first-order chi connectivity index (χ1) is 7.65. The van der Waals surface area contributed by atoms with E-state index in [4.69, 9.17) is 17.3 Å². The number of nitrogens with zero attached hydrogens (tertiary/aromatic N) is 1. The molecule has 1 aliphatic rings. The second-order valence-electron chi connectivity index (χ2n) is 4.72. The second-order valence-corrected chi connectivity index (χ2v) is 5.16. The van der Waals surface area contributed by atoms with Crippen molar-refractivity contribution in [2.75, 3.05) is 13.1 Å². The molecule has 1 saturated heterocycles. The van der Waals surface area contributed by atoms with E-state index in [9.17, 15) is 0 Å². The minimum absolute atomic E-state index is 0.368. The van der Waals surface area contributed by atoms with Crippen molar-refractivity contribution in [1.29, 1.82) is 0 Å². The first kappa shape index (κ1) is 11.9. The van der Waals surface area contributed by atoms with Gasteiger partial charge in [0.1, 0.15) is 0 Å². The summed E-state index contributed by atoms with van der Waals surface area (Å²) in [6, 6.07) is 9.06. The van der Waals surface area contributed by atoms with Crippen LogP contribution in [0.15, 0.2) is 24.3 Å². The molecule has 1 heterocycles. The zero-order valence-corrected chi connectivity index (χ0v) is 10.5. The van der Waals surface area contributed by atoms with E-state index >= 15 is 0 Å². The third kappa shape index (κ3) is 2.97. The molecule has 0 saturated carbocycles. The minimum atomic E-state index is 0.368. The van der Waals surface area contributed by atoms with Crippen LogP contribution in [0.2, 0.25) is 5.02 Å². The van der Waals surface area contributed by atoms with Crippen molar-refractivity contribution in [2.45, 2.75) is 31.8 Å². The third-order valence-corrected chi connectivity index (χ3v) is 3.58. The van der Waals surface area contributed by atoms with E-state index in [1.807, 2.05) is 12.1 Å². The Morgan fingerprint density at radius 2 is 2.12 bits per heavy atom. The van der Waals surface area contributed by atoms with Crippen molar-refractivity contribution in [2.24, 2.45) is 5.73 Å². The summed E-state index contributed by atoms with van der Waals surface area (Å²) < 4.78 is 0. The maximum atomic E-state index is 5.92. The van der Waals surface area contributed by atoms with Gasteiger partial charge >= 0.3 is 0 Å². The number of hydrogen-bond acceptors (Lipinski definition) is 2. The number of nitrogens with two attached hydrogens (primary N) is 1. The van der Waals surface area contributed by atoms with Gasteiger partial charge in [0.15, 0.2) is 0 Å². The Morgan fingerprint density at radius 3 is 2.69 bits per heavy atom. The first-order valence-corrected chi connectivity index (χ1v) is 6.27. The van der Waals surface area contributed by atoms with Gasteiger partial charge in [0.05, 0.1) is 0 Å². The topological polar surface area (TPSA) is 29.3 Å². The molecular weight excluding hydrogens is 220 g/mol. The molecule has 1 aromatic rings. The molecular formula is C13H19ClN2. The molecule has 88 valence electrons. The van der Waals surface area contributed by atoms with Crippen molar-refractivity contribution in [3.05, 3.63) is 34.9 Å². The van der Waals surface area contributed by atoms with Crippen LogP contribution in [0.3, 0.4) is 0 Å². The second kappa shape index (κ2) is 5.17. The van der Waals surface area contributed by atoms with Gasteiger partial charge in [-0.25, -0.2) is 0 Å². The number of rotatable bonds is 3. The van der Waals surface area contributed by atoms with E-state index in [0.717, 1.165) is 31.0 Å². The molecule has 0 radical (unpaired) electrons. The van der Waals surface area contributed by atoms with Crippen molar-refractivity contribution >= 4 is 11.6 Å². The Kier molecular flexibility index (Phi) is 3.85. The highest BCUT2D eigenvalue weighted by Gasteiger charge is 2.23. The fourth-order valence-electron chi connectivity index (χ4n) is 2.31. The summed E-state index contributed by atoms with van der Waals surface area (Å²) >= 11 is 5.87. The first-order valence-electron chi connectivity index (χ1n) is 5.89. The summed E-state index contributed by atoms with van der Waals surface area (Å²) in [5, 5.41) is 0.805. The summed E-state index contributed by atoms with van der Waals surface area (Å²) in [6.45, 7) is 4.44. The summed E-state index contributed by atoms with van der Waals surface area (Å²) in [7, 11) is 0. The predicted molar refractivity (Wildman–Crippen MR) is 68.8 cm³/mol. The summed E-state index contributed by atoms with van der Waals surface area (Å²) in [5.74, 6) is 0. The average molecular weight is 239 g/mol. The van der Waals surface area contributed by atoms with E-state index < -0.39 is 0 Å². The van der Waals surface area contributed by atoms with Gasteiger partial charge in [-0.3, -0.25) is 4.90 Å². The quantitative estimate of drug-likeness (QED) is 0.876. The molecule has 0 aliphatic carbocycles. The van der Waals surface area contributed by atoms with E-state index in [2.05, 4.69) is 24.0 Å². The van der Waals surface area contributed by atoms with Gasteiger partial charge in [-0.15, -0.1) is 0 Å². The van der Waals surface area contributed by atoms with E-state index in [1.54, 1.807) is 0 Å². The lowest BCUT2D eigenvalue weighted by Gasteiger charge is -2.24. The van der Waals surface area contributed by atoms with Crippen LogP contribution in [0.5, 0.6) is 0 Å². The molecule has 2 rings (SSSR count). The fraction of sp³-hybridized carbons (Fsp3) is 0.538. The van der Waals surface area contributed by atoms with Gasteiger partial charge in [-0.05, 0) is 37.5 Å². The molecule has 2 unspecified atom stereocenters. The molecule has 2 atom stereocenters. The molecule has 2 nitrogen and oxygen atoms in total. The Hall–Kier alpha value is -0.570. The monoisotopic (exact) mass is 238 g/mol. The molecule has 3 heteroatoms. The van der Waals surface area contributed by atoms with Crippen LogP contribution in [0, 0.1) is 0 Å². The molecule has 16 heavy (non-hydrogen) atoms. The standard InChI is InChI=1S/C13H19ClN2/c1-10(16-7-6-13(15)9-16)8-11-2-4-12(14)5-3-11/h2-5,10,13H,6-9,15H2,1H3. The van der Waals surface area contributed by atoms with Gasteiger partial charge in [0, 0.05) is 30.2 Å². The van der Waals surface area contributed by atoms with Crippen molar-refractivity contribution in [3.8, 4) is 0 Å². The van der Waals surface area contributed by atoms with Crippen molar-refractivity contribution in [3.63, 3.8) is 0 Å². The number of hydrogen-bond donors (Lipinski definition) is 1. The summed E-state index contributed by atoms with van der Waals surface area (Å²) in [5.41, 5.74) is 7.26. The lowest BCUT2D eigenvalue weighted by atomic mass is 10.1. The molecule has 0 bridgehead atoms. The molecule has 1 aliphatic heterocycles. The van der Waals surface area contributed by atoms with Gasteiger partial charge in [-0.2, -0.15) is 0 Å². The fourth-order valence-corrected chi connectivity index (χ4v) is 2.43. The number of halogens is 1. The Labute approximate surface area is 102 Å². The molecule has 0 spiro atoms. The lowest BCUT2D eigenvalue weighted by molar-refractivity contribution is 0.254. The number of likely N-dealkylation sites (tertiary alicyclic amines) is 1. The molecule has 0 amide bonds. The summed E-state index contributed by atoms with van der Waals surface area (Å²) in [6.07, 6.45) is 2.20. The van der Waals surface area contributed by atoms with E-state index in [1.165, 1.54) is 5.56 Å². The zero-order valence-electron chi connectivity index (χ0n) is 9.70. The highest BCUT2D eigenvalue weighted by atomic mass is 35.5. The van der Waals surface area contributed by atoms with Crippen LogP contribution < -0.4 is 5.73 Å². The third-order valence-electron chi connectivity index (χ3n) is 3.32. The SMILES string of the molecule is CC(Cc1ccc(Cl)cc1)N1CCC(N)C1. The van der Waals surface area contributed by atoms with Crippen molar-refractivity contribution in [1.82, 2.24) is 4.90 Å². The van der Waals surface area contributed by atoms with Crippen LogP contribution in [0.1, 0.15) is 18.9 Å². The van der Waals surface area contributed by atoms with E-state index in [0.29, 0.717) is 12.1 Å². The molecule has 2 N–H and O–H groups in total. The van der Waals surface area contributed by atoms with Gasteiger partial charge in [-0.1, -0.05) is 23.7 Å². The largest absolute Gasteiger partial charge is 0.326 e. The predicted octanol–water partition coefficient (Wildman–Crippen LogP) is 2.30. The van der Waals surface area contributed by atoms with Crippen LogP contribution in [-0.2, 0) is 6.42 Å². The van der Waals surface area contributed by atoms with Crippen LogP contribution in [-0.4, -0.2) is 30.1 Å². The molecule has 1 fully saturated rings. The van der Waals surface area contributed by atoms with Crippen LogP contribution >= 0.6 is 11.6 Å². The lowest BCUT2D eigenvalue weighted by Crippen LogP contribution is -2.34. The van der Waals surface area contributed by atoms with E-state index in [-0.39, 0.29) is 0 Å². The zero-order chi connectivity index (χ0) is 11.5. The highest BCUT2D eigenvalue weighted by Crippen LogP contribution is 2.16. The highest BCUT2D eigenvalue weighted by molar-refractivity contribution is 6.30. The average Bonchev–Trinajstić information content (AvgIpc) is 2.68. The van der Waals surface area contributed by atoms with Gasteiger partial charge < -0.3 is 5.73 Å². The summed E-state index contributed by atoms with van der Waals surface area (Å²) in [4.78, 5) is 2.47. The van der Waals surface area contributed by atoms with Crippen LogP contribution in [0.25, 0.3) is 0 Å². The molecule has 1 aromatic carbocycles. The Bertz CT molecular complexity index is 336.